The third kappa shape index (κ3) is 3.28. The van der Waals surface area contributed by atoms with Crippen LogP contribution in [0.15, 0.2) is 48.5 Å². The van der Waals surface area contributed by atoms with E-state index >= 15 is 0 Å². The molecule has 1 aliphatic rings. The first kappa shape index (κ1) is 16.6. The number of fused-ring (bicyclic) bond motifs is 1. The Bertz CT molecular complexity index is 994. The Labute approximate surface area is 155 Å². The summed E-state index contributed by atoms with van der Waals surface area (Å²) in [7, 11) is 0. The molecule has 2 amide bonds. The summed E-state index contributed by atoms with van der Waals surface area (Å²) in [4.78, 5) is 28.7. The number of rotatable bonds is 4. The Morgan fingerprint density at radius 2 is 1.81 bits per heavy atom. The minimum Gasteiger partial charge on any atom is -0.314 e. The van der Waals surface area contributed by atoms with E-state index in [0.29, 0.717) is 10.8 Å². The molecule has 0 bridgehead atoms. The molecule has 1 heterocycles. The van der Waals surface area contributed by atoms with E-state index in [4.69, 9.17) is 11.6 Å². The Kier molecular flexibility index (Phi) is 4.34. The lowest BCUT2D eigenvalue weighted by atomic mass is 10.2. The standard InChI is InChI=1S/C19H17ClN4O2/c20-14-6-2-1-5-13(14)18-21-15-7-3-4-8-16(15)24(18)11-17(25)22-23-19(26)12-9-10-12/h1-8,12H,9-11H2,(H,22,25)(H,23,26). The molecule has 7 heteroatoms. The van der Waals surface area contributed by atoms with Gasteiger partial charge in [0.1, 0.15) is 12.4 Å². The van der Waals surface area contributed by atoms with Crippen LogP contribution in [0.3, 0.4) is 0 Å². The van der Waals surface area contributed by atoms with Gasteiger partial charge in [0.25, 0.3) is 5.91 Å². The van der Waals surface area contributed by atoms with Crippen molar-refractivity contribution in [2.24, 2.45) is 5.92 Å². The van der Waals surface area contributed by atoms with Crippen molar-refractivity contribution in [1.29, 1.82) is 0 Å². The fourth-order valence-corrected chi connectivity index (χ4v) is 3.07. The van der Waals surface area contributed by atoms with Gasteiger partial charge in [-0.1, -0.05) is 35.9 Å². The van der Waals surface area contributed by atoms with Crippen molar-refractivity contribution >= 4 is 34.4 Å². The number of benzene rings is 2. The van der Waals surface area contributed by atoms with Crippen LogP contribution in [-0.2, 0) is 16.1 Å². The summed E-state index contributed by atoms with van der Waals surface area (Å²) in [5, 5.41) is 0.562. The van der Waals surface area contributed by atoms with Crippen LogP contribution in [0.4, 0.5) is 0 Å². The van der Waals surface area contributed by atoms with Crippen molar-refractivity contribution in [2.75, 3.05) is 0 Å². The van der Waals surface area contributed by atoms with Gasteiger partial charge in [0.2, 0.25) is 5.91 Å². The summed E-state index contributed by atoms with van der Waals surface area (Å²) >= 11 is 6.33. The van der Waals surface area contributed by atoms with E-state index in [-0.39, 0.29) is 24.3 Å². The van der Waals surface area contributed by atoms with Gasteiger partial charge >= 0.3 is 0 Å². The van der Waals surface area contributed by atoms with Crippen LogP contribution in [0.1, 0.15) is 12.8 Å². The van der Waals surface area contributed by atoms with Crippen LogP contribution >= 0.6 is 11.6 Å². The quantitative estimate of drug-likeness (QED) is 0.695. The van der Waals surface area contributed by atoms with E-state index in [9.17, 15) is 9.59 Å². The number of hydrazine groups is 1. The number of halogens is 1. The third-order valence-electron chi connectivity index (χ3n) is 4.34. The van der Waals surface area contributed by atoms with Gasteiger partial charge in [-0.05, 0) is 37.1 Å². The number of nitrogens with zero attached hydrogens (tertiary/aromatic N) is 2. The molecule has 0 unspecified atom stereocenters. The van der Waals surface area contributed by atoms with E-state index in [2.05, 4.69) is 15.8 Å². The number of amides is 2. The average molecular weight is 369 g/mol. The maximum Gasteiger partial charge on any atom is 0.258 e. The first-order valence-corrected chi connectivity index (χ1v) is 8.80. The van der Waals surface area contributed by atoms with Gasteiger partial charge in [-0.25, -0.2) is 4.98 Å². The first-order valence-electron chi connectivity index (χ1n) is 8.42. The molecule has 0 saturated heterocycles. The SMILES string of the molecule is O=C(Cn1c(-c2ccccc2Cl)nc2ccccc21)NNC(=O)C1CC1. The molecule has 2 N–H and O–H groups in total. The number of para-hydroxylation sites is 2. The predicted molar refractivity (Wildman–Crippen MR) is 99.2 cm³/mol. The molecule has 3 aromatic rings. The van der Waals surface area contributed by atoms with Crippen molar-refractivity contribution < 1.29 is 9.59 Å². The zero-order valence-corrected chi connectivity index (χ0v) is 14.7. The van der Waals surface area contributed by atoms with Crippen molar-refractivity contribution in [2.45, 2.75) is 19.4 Å². The smallest absolute Gasteiger partial charge is 0.258 e. The van der Waals surface area contributed by atoms with E-state index in [1.54, 1.807) is 10.6 Å². The predicted octanol–water partition coefficient (Wildman–Crippen LogP) is 2.91. The molecule has 1 aliphatic carbocycles. The Balaban J connectivity index is 1.64. The van der Waals surface area contributed by atoms with Gasteiger partial charge < -0.3 is 4.57 Å². The molecule has 1 aromatic heterocycles. The Morgan fingerprint density at radius 3 is 2.58 bits per heavy atom. The topological polar surface area (TPSA) is 76.0 Å². The number of hydrogen-bond donors (Lipinski definition) is 2. The summed E-state index contributed by atoms with van der Waals surface area (Å²) in [5.41, 5.74) is 7.31. The number of aromatic nitrogens is 2. The molecule has 4 rings (SSSR count). The maximum absolute atomic E-state index is 12.4. The van der Waals surface area contributed by atoms with E-state index in [1.165, 1.54) is 0 Å². The van der Waals surface area contributed by atoms with E-state index in [0.717, 1.165) is 29.4 Å². The molecule has 132 valence electrons. The monoisotopic (exact) mass is 368 g/mol. The third-order valence-corrected chi connectivity index (χ3v) is 4.67. The van der Waals surface area contributed by atoms with Gasteiger partial charge in [0.15, 0.2) is 0 Å². The fourth-order valence-electron chi connectivity index (χ4n) is 2.85. The lowest BCUT2D eigenvalue weighted by Crippen LogP contribution is -2.43. The highest BCUT2D eigenvalue weighted by Gasteiger charge is 2.29. The normalized spacial score (nSPS) is 13.6. The highest BCUT2D eigenvalue weighted by Crippen LogP contribution is 2.30. The number of imidazole rings is 1. The van der Waals surface area contributed by atoms with Gasteiger partial charge in [-0.15, -0.1) is 0 Å². The highest BCUT2D eigenvalue weighted by atomic mass is 35.5. The van der Waals surface area contributed by atoms with Crippen LogP contribution in [0.5, 0.6) is 0 Å². The van der Waals surface area contributed by atoms with Gasteiger partial charge in [-0.3, -0.25) is 20.4 Å². The molecular weight excluding hydrogens is 352 g/mol. The lowest BCUT2D eigenvalue weighted by molar-refractivity contribution is -0.129. The van der Waals surface area contributed by atoms with Crippen LogP contribution in [-0.4, -0.2) is 21.4 Å². The van der Waals surface area contributed by atoms with Crippen molar-refractivity contribution in [3.05, 3.63) is 53.6 Å². The summed E-state index contributed by atoms with van der Waals surface area (Å²) in [6, 6.07) is 15.0. The average Bonchev–Trinajstić information content (AvgIpc) is 3.44. The number of carbonyl (C=O) groups is 2. The molecule has 2 aromatic carbocycles. The molecule has 0 aliphatic heterocycles. The number of hydrogen-bond acceptors (Lipinski definition) is 3. The van der Waals surface area contributed by atoms with E-state index in [1.807, 2.05) is 42.5 Å². The molecule has 0 atom stereocenters. The molecule has 1 saturated carbocycles. The molecule has 26 heavy (non-hydrogen) atoms. The molecule has 0 spiro atoms. The number of nitrogens with one attached hydrogen (secondary N) is 2. The first-order chi connectivity index (χ1) is 12.6. The Morgan fingerprint density at radius 1 is 1.08 bits per heavy atom. The van der Waals surface area contributed by atoms with E-state index < -0.39 is 0 Å². The van der Waals surface area contributed by atoms with Crippen molar-refractivity contribution in [1.82, 2.24) is 20.4 Å². The summed E-state index contributed by atoms with van der Waals surface area (Å²) in [6.45, 7) is 0.0199. The second kappa shape index (κ2) is 6.80. The van der Waals surface area contributed by atoms with Crippen LogP contribution in [0, 0.1) is 5.92 Å². The second-order valence-electron chi connectivity index (χ2n) is 6.30. The zero-order chi connectivity index (χ0) is 18.1. The van der Waals surface area contributed by atoms with Crippen LogP contribution < -0.4 is 10.9 Å². The number of carbonyl (C=O) groups excluding carboxylic acids is 2. The van der Waals surface area contributed by atoms with Crippen molar-refractivity contribution in [3.8, 4) is 11.4 Å². The minimum absolute atomic E-state index is 0.0199. The molecular formula is C19H17ClN4O2. The lowest BCUT2D eigenvalue weighted by Gasteiger charge is -2.11. The maximum atomic E-state index is 12.4. The second-order valence-corrected chi connectivity index (χ2v) is 6.71. The largest absolute Gasteiger partial charge is 0.314 e. The van der Waals surface area contributed by atoms with Crippen molar-refractivity contribution in [3.63, 3.8) is 0 Å². The van der Waals surface area contributed by atoms with Crippen LogP contribution in [0.25, 0.3) is 22.4 Å². The molecule has 0 radical (unpaired) electrons. The summed E-state index contributed by atoms with van der Waals surface area (Å²) in [5.74, 6) is 0.180. The molecule has 1 fully saturated rings. The summed E-state index contributed by atoms with van der Waals surface area (Å²) in [6.07, 6.45) is 1.76. The fraction of sp³-hybridized carbons (Fsp3) is 0.211. The molecule has 6 nitrogen and oxygen atoms in total. The minimum atomic E-state index is -0.324. The summed E-state index contributed by atoms with van der Waals surface area (Å²) < 4.78 is 1.80. The van der Waals surface area contributed by atoms with Crippen LogP contribution in [0.2, 0.25) is 5.02 Å². The van der Waals surface area contributed by atoms with Gasteiger partial charge in [-0.2, -0.15) is 0 Å². The zero-order valence-electron chi connectivity index (χ0n) is 13.9. The van der Waals surface area contributed by atoms with Gasteiger partial charge in [0, 0.05) is 11.5 Å². The highest BCUT2D eigenvalue weighted by molar-refractivity contribution is 6.33. The van der Waals surface area contributed by atoms with Gasteiger partial charge in [0.05, 0.1) is 16.1 Å². The Hall–Kier alpha value is -2.86.